The van der Waals surface area contributed by atoms with Crippen LogP contribution in [0.2, 0.25) is 0 Å². The third-order valence-corrected chi connectivity index (χ3v) is 6.87. The Bertz CT molecular complexity index is 818. The van der Waals surface area contributed by atoms with Crippen molar-refractivity contribution in [2.45, 2.75) is 123 Å². The number of aliphatic hydroxyl groups excluding tert-OH is 1. The van der Waals surface area contributed by atoms with Crippen molar-refractivity contribution < 1.29 is 9.90 Å². The summed E-state index contributed by atoms with van der Waals surface area (Å²) in [4.78, 5) is 16.8. The minimum atomic E-state index is -0.609. The molecular formula is C30H47NO2. The predicted molar refractivity (Wildman–Crippen MR) is 142 cm³/mol. The SMILES string of the molecule is CCCC[C@@H](O)c1ccc2ccccc2c1C(=O)N(C(CCC)CCC)C(CCC)CCC. The van der Waals surface area contributed by atoms with Gasteiger partial charge in [0.2, 0.25) is 0 Å². The summed E-state index contributed by atoms with van der Waals surface area (Å²) in [7, 11) is 0. The molecular weight excluding hydrogens is 406 g/mol. The zero-order valence-corrected chi connectivity index (χ0v) is 21.8. The Hall–Kier alpha value is -1.87. The Labute approximate surface area is 202 Å². The van der Waals surface area contributed by atoms with E-state index in [1.54, 1.807) is 0 Å². The summed E-state index contributed by atoms with van der Waals surface area (Å²) in [6.45, 7) is 11.0. The van der Waals surface area contributed by atoms with Crippen LogP contribution in [0.3, 0.4) is 0 Å². The smallest absolute Gasteiger partial charge is 0.255 e. The zero-order valence-electron chi connectivity index (χ0n) is 21.8. The van der Waals surface area contributed by atoms with Gasteiger partial charge < -0.3 is 10.0 Å². The molecule has 0 aliphatic heterocycles. The molecule has 0 unspecified atom stereocenters. The molecule has 3 heteroatoms. The second-order valence-corrected chi connectivity index (χ2v) is 9.58. The van der Waals surface area contributed by atoms with Crippen LogP contribution in [0, 0.1) is 0 Å². The van der Waals surface area contributed by atoms with Crippen molar-refractivity contribution in [2.24, 2.45) is 0 Å². The number of aliphatic hydroxyl groups is 1. The number of amides is 1. The highest BCUT2D eigenvalue weighted by atomic mass is 16.3. The summed E-state index contributed by atoms with van der Waals surface area (Å²) in [5.41, 5.74) is 1.53. The lowest BCUT2D eigenvalue weighted by molar-refractivity contribution is 0.0505. The molecule has 0 aliphatic rings. The highest BCUT2D eigenvalue weighted by Gasteiger charge is 2.33. The Morgan fingerprint density at radius 1 is 0.758 bits per heavy atom. The Morgan fingerprint density at radius 3 is 1.82 bits per heavy atom. The van der Waals surface area contributed by atoms with E-state index in [0.717, 1.165) is 86.1 Å². The van der Waals surface area contributed by atoms with Gasteiger partial charge in [0, 0.05) is 12.1 Å². The van der Waals surface area contributed by atoms with E-state index in [2.05, 4.69) is 57.7 Å². The molecule has 0 radical (unpaired) electrons. The van der Waals surface area contributed by atoms with Crippen molar-refractivity contribution in [2.75, 3.05) is 0 Å². The quantitative estimate of drug-likeness (QED) is 0.294. The molecule has 0 aromatic heterocycles. The highest BCUT2D eigenvalue weighted by Crippen LogP contribution is 2.33. The van der Waals surface area contributed by atoms with E-state index in [-0.39, 0.29) is 18.0 Å². The molecule has 0 fully saturated rings. The second kappa shape index (κ2) is 14.4. The Kier molecular flexibility index (Phi) is 11.9. The number of carbonyl (C=O) groups is 1. The van der Waals surface area contributed by atoms with Crippen LogP contribution in [0.5, 0.6) is 0 Å². The fourth-order valence-electron chi connectivity index (χ4n) is 5.29. The summed E-state index contributed by atoms with van der Waals surface area (Å²) in [6, 6.07) is 12.7. The topological polar surface area (TPSA) is 40.5 Å². The maximum atomic E-state index is 14.6. The first-order valence-electron chi connectivity index (χ1n) is 13.6. The maximum absolute atomic E-state index is 14.6. The molecule has 0 heterocycles. The molecule has 2 aromatic carbocycles. The third kappa shape index (κ3) is 7.06. The molecule has 0 saturated carbocycles. The van der Waals surface area contributed by atoms with Crippen LogP contribution in [-0.4, -0.2) is 28.0 Å². The van der Waals surface area contributed by atoms with Crippen molar-refractivity contribution in [1.82, 2.24) is 4.90 Å². The summed E-state index contributed by atoms with van der Waals surface area (Å²) in [5, 5.41) is 13.2. The summed E-state index contributed by atoms with van der Waals surface area (Å²) >= 11 is 0. The fraction of sp³-hybridized carbons (Fsp3) is 0.633. The van der Waals surface area contributed by atoms with Gasteiger partial charge in [-0.05, 0) is 48.4 Å². The number of hydrogen-bond donors (Lipinski definition) is 1. The monoisotopic (exact) mass is 453 g/mol. The van der Waals surface area contributed by atoms with Crippen LogP contribution in [0.4, 0.5) is 0 Å². The molecule has 0 bridgehead atoms. The van der Waals surface area contributed by atoms with Gasteiger partial charge in [0.25, 0.3) is 5.91 Å². The molecule has 2 aromatic rings. The van der Waals surface area contributed by atoms with Crippen molar-refractivity contribution in [3.63, 3.8) is 0 Å². The first-order chi connectivity index (χ1) is 16.0. The van der Waals surface area contributed by atoms with Gasteiger partial charge in [-0.2, -0.15) is 0 Å². The van der Waals surface area contributed by atoms with Gasteiger partial charge >= 0.3 is 0 Å². The largest absolute Gasteiger partial charge is 0.388 e. The van der Waals surface area contributed by atoms with Crippen molar-refractivity contribution in [3.05, 3.63) is 47.5 Å². The maximum Gasteiger partial charge on any atom is 0.255 e. The number of unbranched alkanes of at least 4 members (excludes halogenated alkanes) is 1. The summed E-state index contributed by atoms with van der Waals surface area (Å²) in [6.07, 6.45) is 10.5. The number of rotatable bonds is 15. The first-order valence-corrected chi connectivity index (χ1v) is 13.6. The molecule has 1 amide bonds. The van der Waals surface area contributed by atoms with E-state index in [0.29, 0.717) is 6.42 Å². The van der Waals surface area contributed by atoms with Crippen LogP contribution in [0.15, 0.2) is 36.4 Å². The number of benzene rings is 2. The van der Waals surface area contributed by atoms with E-state index in [1.165, 1.54) is 0 Å². The molecule has 2 rings (SSSR count). The lowest BCUT2D eigenvalue weighted by Gasteiger charge is -2.39. The van der Waals surface area contributed by atoms with Crippen LogP contribution in [0.25, 0.3) is 10.8 Å². The van der Waals surface area contributed by atoms with Crippen LogP contribution >= 0.6 is 0 Å². The van der Waals surface area contributed by atoms with Crippen molar-refractivity contribution in [1.29, 1.82) is 0 Å². The van der Waals surface area contributed by atoms with Crippen molar-refractivity contribution >= 4 is 16.7 Å². The van der Waals surface area contributed by atoms with E-state index in [9.17, 15) is 9.90 Å². The molecule has 1 atom stereocenters. The average molecular weight is 454 g/mol. The lowest BCUT2D eigenvalue weighted by Crippen LogP contribution is -2.47. The zero-order chi connectivity index (χ0) is 24.2. The highest BCUT2D eigenvalue weighted by molar-refractivity contribution is 6.08. The van der Waals surface area contributed by atoms with Crippen LogP contribution in [-0.2, 0) is 0 Å². The average Bonchev–Trinajstić information content (AvgIpc) is 2.82. The molecule has 3 nitrogen and oxygen atoms in total. The molecule has 0 saturated heterocycles. The molecule has 184 valence electrons. The predicted octanol–water partition coefficient (Wildman–Crippen LogP) is 8.44. The molecule has 1 N–H and O–H groups in total. The molecule has 33 heavy (non-hydrogen) atoms. The van der Waals surface area contributed by atoms with Gasteiger partial charge in [-0.25, -0.2) is 0 Å². The lowest BCUT2D eigenvalue weighted by atomic mass is 9.90. The second-order valence-electron chi connectivity index (χ2n) is 9.58. The van der Waals surface area contributed by atoms with Gasteiger partial charge in [0.05, 0.1) is 11.7 Å². The van der Waals surface area contributed by atoms with E-state index >= 15 is 0 Å². The number of hydrogen-bond acceptors (Lipinski definition) is 2. The van der Waals surface area contributed by atoms with Crippen molar-refractivity contribution in [3.8, 4) is 0 Å². The minimum Gasteiger partial charge on any atom is -0.388 e. The van der Waals surface area contributed by atoms with Gasteiger partial charge in [0.15, 0.2) is 0 Å². The number of carbonyl (C=O) groups excluding carboxylic acids is 1. The standard InChI is InChI=1S/C30H47NO2/c1-6-11-20-28(32)27-22-21-23-18-12-13-19-26(23)29(27)30(33)31(24(14-7-2)15-8-3)25(16-9-4)17-10-5/h12-13,18-19,21-22,24-25,28,32H,6-11,14-17,20H2,1-5H3/t28-/m1/s1. The summed E-state index contributed by atoms with van der Waals surface area (Å²) < 4.78 is 0. The van der Waals surface area contributed by atoms with E-state index in [4.69, 9.17) is 0 Å². The van der Waals surface area contributed by atoms with Gasteiger partial charge in [0.1, 0.15) is 0 Å². The minimum absolute atomic E-state index is 0.121. The van der Waals surface area contributed by atoms with E-state index < -0.39 is 6.10 Å². The Balaban J connectivity index is 2.69. The van der Waals surface area contributed by atoms with Gasteiger partial charge in [-0.15, -0.1) is 0 Å². The number of nitrogens with zero attached hydrogens (tertiary/aromatic N) is 1. The van der Waals surface area contributed by atoms with Gasteiger partial charge in [-0.1, -0.05) is 110 Å². The molecule has 0 aliphatic carbocycles. The van der Waals surface area contributed by atoms with E-state index in [1.807, 2.05) is 18.2 Å². The summed E-state index contributed by atoms with van der Waals surface area (Å²) in [5.74, 6) is 0.121. The van der Waals surface area contributed by atoms with Crippen LogP contribution < -0.4 is 0 Å². The van der Waals surface area contributed by atoms with Gasteiger partial charge in [-0.3, -0.25) is 4.79 Å². The normalized spacial score (nSPS) is 12.6. The fourth-order valence-corrected chi connectivity index (χ4v) is 5.29. The Morgan fingerprint density at radius 2 is 1.30 bits per heavy atom. The third-order valence-electron chi connectivity index (χ3n) is 6.87. The molecule has 0 spiro atoms. The van der Waals surface area contributed by atoms with Crippen LogP contribution in [0.1, 0.15) is 127 Å². The first kappa shape index (κ1) is 27.4. The number of fused-ring (bicyclic) bond motifs is 1.